The molecule has 2 N–H and O–H groups in total. The van der Waals surface area contributed by atoms with Crippen molar-refractivity contribution in [3.63, 3.8) is 0 Å². The first-order chi connectivity index (χ1) is 15.1. The average Bonchev–Trinajstić information content (AvgIpc) is 3.17. The zero-order chi connectivity index (χ0) is 21.6. The van der Waals surface area contributed by atoms with Gasteiger partial charge in [0.1, 0.15) is 11.4 Å². The van der Waals surface area contributed by atoms with E-state index in [9.17, 15) is 4.79 Å². The summed E-state index contributed by atoms with van der Waals surface area (Å²) in [7, 11) is 0. The highest BCUT2D eigenvalue weighted by Gasteiger charge is 2.13. The van der Waals surface area contributed by atoms with E-state index in [4.69, 9.17) is 15.3 Å². The van der Waals surface area contributed by atoms with Gasteiger partial charge >= 0.3 is 5.97 Å². The molecular weight excluding hydrogens is 388 g/mol. The fourth-order valence-electron chi connectivity index (χ4n) is 3.46. The first kappa shape index (κ1) is 20.5. The predicted molar refractivity (Wildman–Crippen MR) is 120 cm³/mol. The van der Waals surface area contributed by atoms with E-state index in [1.54, 1.807) is 16.9 Å². The van der Waals surface area contributed by atoms with Crippen LogP contribution >= 0.6 is 0 Å². The number of carbonyl (C=O) groups is 1. The molecule has 1 aromatic heterocycles. The predicted octanol–water partition coefficient (Wildman–Crippen LogP) is 4.29. The molecule has 156 valence electrons. The molecule has 4 aromatic rings. The SMILES string of the molecule is Cc1cccc(Cn2nc(CNCc3ccc(C(=O)O)cc3)c(-c3ccccc3)n2)c1. The van der Waals surface area contributed by atoms with Crippen molar-refractivity contribution in [2.75, 3.05) is 0 Å². The number of nitrogens with one attached hydrogen (secondary N) is 1. The van der Waals surface area contributed by atoms with Crippen LogP contribution in [0.25, 0.3) is 11.3 Å². The van der Waals surface area contributed by atoms with Crippen LogP contribution in [-0.4, -0.2) is 26.1 Å². The Bertz CT molecular complexity index is 1170. The van der Waals surface area contributed by atoms with Gasteiger partial charge in [-0.15, -0.1) is 0 Å². The lowest BCUT2D eigenvalue weighted by molar-refractivity contribution is 0.0697. The van der Waals surface area contributed by atoms with E-state index in [0.717, 1.165) is 28.1 Å². The van der Waals surface area contributed by atoms with Gasteiger partial charge in [0.05, 0.1) is 12.1 Å². The third kappa shape index (κ3) is 5.24. The molecule has 6 heteroatoms. The normalized spacial score (nSPS) is 10.9. The second kappa shape index (κ2) is 9.36. The Labute approximate surface area is 181 Å². The van der Waals surface area contributed by atoms with Gasteiger partial charge in [0.25, 0.3) is 0 Å². The number of benzene rings is 3. The van der Waals surface area contributed by atoms with Crippen molar-refractivity contribution in [3.05, 3.63) is 107 Å². The summed E-state index contributed by atoms with van der Waals surface area (Å²) in [5, 5.41) is 21.9. The standard InChI is InChI=1S/C25H24N4O2/c1-18-6-5-7-20(14-18)17-29-27-23(24(28-29)21-8-3-2-4-9-21)16-26-15-19-10-12-22(13-11-19)25(30)31/h2-14,26H,15-17H2,1H3,(H,30,31). The fraction of sp³-hybridized carbons (Fsp3) is 0.160. The summed E-state index contributed by atoms with van der Waals surface area (Å²) in [5.74, 6) is -0.919. The van der Waals surface area contributed by atoms with Gasteiger partial charge in [0.15, 0.2) is 0 Å². The third-order valence-electron chi connectivity index (χ3n) is 5.00. The molecule has 6 nitrogen and oxygen atoms in total. The Morgan fingerprint density at radius 3 is 2.39 bits per heavy atom. The molecule has 0 unspecified atom stereocenters. The minimum absolute atomic E-state index is 0.286. The monoisotopic (exact) mass is 412 g/mol. The number of hydrogen-bond donors (Lipinski definition) is 2. The van der Waals surface area contributed by atoms with Crippen LogP contribution in [0.15, 0.2) is 78.9 Å². The van der Waals surface area contributed by atoms with E-state index < -0.39 is 5.97 Å². The van der Waals surface area contributed by atoms with E-state index in [2.05, 4.69) is 30.4 Å². The van der Waals surface area contributed by atoms with Crippen LogP contribution in [0.3, 0.4) is 0 Å². The van der Waals surface area contributed by atoms with E-state index >= 15 is 0 Å². The summed E-state index contributed by atoms with van der Waals surface area (Å²) in [6.07, 6.45) is 0. The summed E-state index contributed by atoms with van der Waals surface area (Å²) < 4.78 is 0. The van der Waals surface area contributed by atoms with Gasteiger partial charge in [-0.05, 0) is 30.2 Å². The molecule has 3 aromatic carbocycles. The zero-order valence-corrected chi connectivity index (χ0v) is 17.3. The number of carboxylic acids is 1. The van der Waals surface area contributed by atoms with E-state index in [1.165, 1.54) is 5.56 Å². The fourth-order valence-corrected chi connectivity index (χ4v) is 3.46. The first-order valence-corrected chi connectivity index (χ1v) is 10.2. The van der Waals surface area contributed by atoms with Crippen molar-refractivity contribution in [2.24, 2.45) is 0 Å². The van der Waals surface area contributed by atoms with Crippen LogP contribution in [0.1, 0.15) is 32.7 Å². The topological polar surface area (TPSA) is 80.0 Å². The Hall–Kier alpha value is -3.77. The highest BCUT2D eigenvalue weighted by Crippen LogP contribution is 2.20. The van der Waals surface area contributed by atoms with Crippen LogP contribution in [0.4, 0.5) is 0 Å². The molecule has 0 saturated carbocycles. The number of rotatable bonds is 8. The van der Waals surface area contributed by atoms with E-state index in [1.807, 2.05) is 48.5 Å². The lowest BCUT2D eigenvalue weighted by Gasteiger charge is -2.05. The van der Waals surface area contributed by atoms with E-state index in [0.29, 0.717) is 19.6 Å². The number of carboxylic acid groups (broad SMARTS) is 1. The van der Waals surface area contributed by atoms with Gasteiger partial charge < -0.3 is 10.4 Å². The molecule has 4 rings (SSSR count). The number of aromatic carboxylic acids is 1. The molecule has 0 fully saturated rings. The maximum Gasteiger partial charge on any atom is 0.335 e. The Morgan fingerprint density at radius 2 is 1.68 bits per heavy atom. The lowest BCUT2D eigenvalue weighted by atomic mass is 10.1. The second-order valence-electron chi connectivity index (χ2n) is 7.49. The van der Waals surface area contributed by atoms with Crippen molar-refractivity contribution in [1.29, 1.82) is 0 Å². The molecular formula is C25H24N4O2. The van der Waals surface area contributed by atoms with Gasteiger partial charge in [-0.2, -0.15) is 15.0 Å². The molecule has 0 spiro atoms. The van der Waals surface area contributed by atoms with Gasteiger partial charge in [0, 0.05) is 18.7 Å². The van der Waals surface area contributed by atoms with Crippen molar-refractivity contribution in [2.45, 2.75) is 26.6 Å². The number of hydrogen-bond acceptors (Lipinski definition) is 4. The largest absolute Gasteiger partial charge is 0.478 e. The minimum Gasteiger partial charge on any atom is -0.478 e. The summed E-state index contributed by atoms with van der Waals surface area (Å²) in [4.78, 5) is 12.7. The van der Waals surface area contributed by atoms with Crippen molar-refractivity contribution in [3.8, 4) is 11.3 Å². The number of aromatic nitrogens is 3. The van der Waals surface area contributed by atoms with E-state index in [-0.39, 0.29) is 5.56 Å². The van der Waals surface area contributed by atoms with Crippen LogP contribution in [0.2, 0.25) is 0 Å². The molecule has 0 aliphatic rings. The molecule has 0 amide bonds. The quantitative estimate of drug-likeness (QED) is 0.451. The summed E-state index contributed by atoms with van der Waals surface area (Å²) in [6.45, 7) is 3.85. The Kier molecular flexibility index (Phi) is 6.19. The van der Waals surface area contributed by atoms with Crippen molar-refractivity contribution < 1.29 is 9.90 Å². The molecule has 1 heterocycles. The van der Waals surface area contributed by atoms with Crippen LogP contribution in [0.5, 0.6) is 0 Å². The van der Waals surface area contributed by atoms with Crippen molar-refractivity contribution >= 4 is 5.97 Å². The molecule has 0 atom stereocenters. The molecule has 0 aliphatic carbocycles. The summed E-state index contributed by atoms with van der Waals surface area (Å²) >= 11 is 0. The van der Waals surface area contributed by atoms with Crippen LogP contribution in [-0.2, 0) is 19.6 Å². The number of aryl methyl sites for hydroxylation is 1. The van der Waals surface area contributed by atoms with Gasteiger partial charge in [-0.25, -0.2) is 4.79 Å². The molecule has 0 bridgehead atoms. The Balaban J connectivity index is 1.51. The van der Waals surface area contributed by atoms with Gasteiger partial charge in [-0.3, -0.25) is 0 Å². The second-order valence-corrected chi connectivity index (χ2v) is 7.49. The molecule has 31 heavy (non-hydrogen) atoms. The average molecular weight is 412 g/mol. The zero-order valence-electron chi connectivity index (χ0n) is 17.3. The van der Waals surface area contributed by atoms with Crippen LogP contribution in [0, 0.1) is 6.92 Å². The first-order valence-electron chi connectivity index (χ1n) is 10.2. The smallest absolute Gasteiger partial charge is 0.335 e. The third-order valence-corrected chi connectivity index (χ3v) is 5.00. The maximum absolute atomic E-state index is 11.0. The highest BCUT2D eigenvalue weighted by atomic mass is 16.4. The summed E-state index contributed by atoms with van der Waals surface area (Å²) in [5.41, 5.74) is 6.44. The molecule has 0 radical (unpaired) electrons. The molecule has 0 aliphatic heterocycles. The van der Waals surface area contributed by atoms with Crippen LogP contribution < -0.4 is 5.32 Å². The maximum atomic E-state index is 11.0. The van der Waals surface area contributed by atoms with Gasteiger partial charge in [0.2, 0.25) is 0 Å². The molecule has 0 saturated heterocycles. The summed E-state index contributed by atoms with van der Waals surface area (Å²) in [6, 6.07) is 25.3. The number of nitrogens with zero attached hydrogens (tertiary/aromatic N) is 3. The Morgan fingerprint density at radius 1 is 0.903 bits per heavy atom. The van der Waals surface area contributed by atoms with Gasteiger partial charge in [-0.1, -0.05) is 72.3 Å². The van der Waals surface area contributed by atoms with Crippen molar-refractivity contribution in [1.82, 2.24) is 20.3 Å². The highest BCUT2D eigenvalue weighted by molar-refractivity contribution is 5.87. The lowest BCUT2D eigenvalue weighted by Crippen LogP contribution is -2.14. The minimum atomic E-state index is -0.919.